The van der Waals surface area contributed by atoms with Crippen LogP contribution < -0.4 is 10.6 Å². The average molecular weight is 562 g/mol. The van der Waals surface area contributed by atoms with Gasteiger partial charge in [-0.3, -0.25) is 4.99 Å². The number of guanidine groups is 1. The molecule has 26 heavy (non-hydrogen) atoms. The van der Waals surface area contributed by atoms with Crippen LogP contribution in [0.4, 0.5) is 4.39 Å². The Labute approximate surface area is 180 Å². The lowest BCUT2D eigenvalue weighted by Gasteiger charge is -2.12. The molecule has 2 N–H and O–H groups in total. The molecule has 148 valence electrons. The molecule has 1 heterocycles. The van der Waals surface area contributed by atoms with E-state index in [1.54, 1.807) is 6.07 Å². The van der Waals surface area contributed by atoms with E-state index in [4.69, 9.17) is 0 Å². The van der Waals surface area contributed by atoms with E-state index in [1.807, 2.05) is 13.0 Å². The van der Waals surface area contributed by atoms with E-state index >= 15 is 0 Å². The molecule has 0 aromatic heterocycles. The maximum atomic E-state index is 13.8. The third-order valence-corrected chi connectivity index (χ3v) is 6.44. The van der Waals surface area contributed by atoms with Gasteiger partial charge < -0.3 is 10.6 Å². The molecule has 2 rings (SSSR count). The summed E-state index contributed by atoms with van der Waals surface area (Å²) < 4.78 is 37.5. The van der Waals surface area contributed by atoms with E-state index in [0.717, 1.165) is 17.4 Å². The normalized spacial score (nSPS) is 19.0. The highest BCUT2D eigenvalue weighted by atomic mass is 127. The molecule has 0 spiro atoms. The van der Waals surface area contributed by atoms with Gasteiger partial charge in [-0.1, -0.05) is 22.0 Å². The summed E-state index contributed by atoms with van der Waals surface area (Å²) in [5.41, 5.74) is 0.697. The molecular formula is C17H26BrFIN3O2S. The van der Waals surface area contributed by atoms with Crippen molar-refractivity contribution >= 4 is 55.7 Å². The van der Waals surface area contributed by atoms with Crippen molar-refractivity contribution in [3.05, 3.63) is 34.1 Å². The summed E-state index contributed by atoms with van der Waals surface area (Å²) in [6, 6.07) is 5.11. The topological polar surface area (TPSA) is 70.6 Å². The van der Waals surface area contributed by atoms with Crippen molar-refractivity contribution in [2.75, 3.05) is 31.1 Å². The second kappa shape index (κ2) is 11.4. The first-order chi connectivity index (χ1) is 11.9. The summed E-state index contributed by atoms with van der Waals surface area (Å²) in [6.45, 7) is 3.89. The molecule has 1 aliphatic rings. The van der Waals surface area contributed by atoms with Crippen molar-refractivity contribution in [1.29, 1.82) is 0 Å². The fourth-order valence-corrected chi connectivity index (χ4v) is 4.97. The standard InChI is InChI=1S/C17H25BrFN3O2S.HI/c1-2-20-17(22-11-13-7-9-25(23,24)12-13)21-8-3-4-14-5-6-15(18)10-16(14)19;/h5-6,10,13H,2-4,7-9,11-12H2,1H3,(H2,20,21,22);1H. The second-order valence-corrected chi connectivity index (χ2v) is 9.40. The largest absolute Gasteiger partial charge is 0.357 e. The molecule has 0 saturated carbocycles. The van der Waals surface area contributed by atoms with Gasteiger partial charge in [-0.2, -0.15) is 0 Å². The number of nitrogens with one attached hydrogen (secondary N) is 2. The third-order valence-electron chi connectivity index (χ3n) is 4.11. The lowest BCUT2D eigenvalue weighted by atomic mass is 10.1. The number of rotatable bonds is 7. The van der Waals surface area contributed by atoms with E-state index in [-0.39, 0.29) is 47.2 Å². The summed E-state index contributed by atoms with van der Waals surface area (Å²) in [5.74, 6) is 1.10. The summed E-state index contributed by atoms with van der Waals surface area (Å²) in [7, 11) is -2.86. The van der Waals surface area contributed by atoms with Crippen LogP contribution in [0.3, 0.4) is 0 Å². The van der Waals surface area contributed by atoms with Crippen LogP contribution in [0, 0.1) is 11.7 Å². The predicted octanol–water partition coefficient (Wildman–Crippen LogP) is 3.13. The Kier molecular flexibility index (Phi) is 10.4. The first-order valence-corrected chi connectivity index (χ1v) is 11.2. The lowest BCUT2D eigenvalue weighted by molar-refractivity contribution is 0.588. The van der Waals surface area contributed by atoms with Crippen molar-refractivity contribution in [2.24, 2.45) is 10.9 Å². The monoisotopic (exact) mass is 561 g/mol. The van der Waals surface area contributed by atoms with Gasteiger partial charge >= 0.3 is 0 Å². The highest BCUT2D eigenvalue weighted by molar-refractivity contribution is 14.0. The van der Waals surface area contributed by atoms with Gasteiger partial charge in [0.25, 0.3) is 0 Å². The second-order valence-electron chi connectivity index (χ2n) is 6.25. The molecular weight excluding hydrogens is 536 g/mol. The summed E-state index contributed by atoms with van der Waals surface area (Å²) in [4.78, 5) is 4.48. The number of halogens is 3. The lowest BCUT2D eigenvalue weighted by Crippen LogP contribution is -2.38. The Morgan fingerprint density at radius 1 is 1.38 bits per heavy atom. The van der Waals surface area contributed by atoms with E-state index in [2.05, 4.69) is 31.6 Å². The van der Waals surface area contributed by atoms with E-state index < -0.39 is 9.84 Å². The zero-order valence-electron chi connectivity index (χ0n) is 14.8. The number of aryl methyl sites for hydroxylation is 1. The highest BCUT2D eigenvalue weighted by Gasteiger charge is 2.27. The molecule has 1 saturated heterocycles. The van der Waals surface area contributed by atoms with Crippen molar-refractivity contribution in [2.45, 2.75) is 26.2 Å². The smallest absolute Gasteiger partial charge is 0.191 e. The van der Waals surface area contributed by atoms with Crippen LogP contribution in [0.1, 0.15) is 25.3 Å². The maximum Gasteiger partial charge on any atom is 0.191 e. The van der Waals surface area contributed by atoms with Gasteiger partial charge in [0.2, 0.25) is 0 Å². The molecule has 1 atom stereocenters. The van der Waals surface area contributed by atoms with Crippen LogP contribution in [-0.2, 0) is 16.3 Å². The molecule has 1 unspecified atom stereocenters. The van der Waals surface area contributed by atoms with Crippen molar-refractivity contribution < 1.29 is 12.8 Å². The Balaban J connectivity index is 0.00000338. The SMILES string of the molecule is CCNC(=NCC1CCS(=O)(=O)C1)NCCCc1ccc(Br)cc1F.I. The summed E-state index contributed by atoms with van der Waals surface area (Å²) in [5, 5.41) is 6.38. The zero-order chi connectivity index (χ0) is 18.3. The number of hydrogen-bond acceptors (Lipinski definition) is 3. The van der Waals surface area contributed by atoms with E-state index in [0.29, 0.717) is 37.5 Å². The maximum absolute atomic E-state index is 13.8. The first-order valence-electron chi connectivity index (χ1n) is 8.56. The summed E-state index contributed by atoms with van der Waals surface area (Å²) in [6.07, 6.45) is 2.11. The molecule has 1 aromatic carbocycles. The van der Waals surface area contributed by atoms with Gasteiger partial charge in [-0.05, 0) is 49.8 Å². The van der Waals surface area contributed by atoms with Crippen LogP contribution in [-0.4, -0.2) is 45.5 Å². The minimum Gasteiger partial charge on any atom is -0.357 e. The molecule has 1 fully saturated rings. The highest BCUT2D eigenvalue weighted by Crippen LogP contribution is 2.18. The van der Waals surface area contributed by atoms with Gasteiger partial charge in [0, 0.05) is 24.1 Å². The number of aliphatic imine (C=N–C) groups is 1. The van der Waals surface area contributed by atoms with Crippen molar-refractivity contribution in [1.82, 2.24) is 10.6 Å². The molecule has 9 heteroatoms. The Morgan fingerprint density at radius 3 is 2.77 bits per heavy atom. The fraction of sp³-hybridized carbons (Fsp3) is 0.588. The minimum atomic E-state index is -2.86. The number of nitrogens with zero attached hydrogens (tertiary/aromatic N) is 1. The fourth-order valence-electron chi connectivity index (χ4n) is 2.79. The van der Waals surface area contributed by atoms with Gasteiger partial charge in [-0.15, -0.1) is 24.0 Å². The Bertz CT molecular complexity index is 716. The quantitative estimate of drug-likeness (QED) is 0.232. The van der Waals surface area contributed by atoms with Crippen LogP contribution in [0.2, 0.25) is 0 Å². The van der Waals surface area contributed by atoms with Gasteiger partial charge in [0.05, 0.1) is 11.5 Å². The number of hydrogen-bond donors (Lipinski definition) is 2. The van der Waals surface area contributed by atoms with Crippen LogP contribution in [0.5, 0.6) is 0 Å². The molecule has 0 amide bonds. The van der Waals surface area contributed by atoms with Gasteiger partial charge in [0.15, 0.2) is 15.8 Å². The third kappa shape index (κ3) is 8.08. The summed E-state index contributed by atoms with van der Waals surface area (Å²) >= 11 is 3.25. The van der Waals surface area contributed by atoms with Crippen molar-refractivity contribution in [3.63, 3.8) is 0 Å². The number of sulfone groups is 1. The van der Waals surface area contributed by atoms with E-state index in [9.17, 15) is 12.8 Å². The first kappa shape index (κ1) is 23.6. The van der Waals surface area contributed by atoms with Gasteiger partial charge in [-0.25, -0.2) is 12.8 Å². The molecule has 0 aliphatic carbocycles. The Morgan fingerprint density at radius 2 is 2.15 bits per heavy atom. The number of benzene rings is 1. The van der Waals surface area contributed by atoms with E-state index in [1.165, 1.54) is 6.07 Å². The molecule has 0 bridgehead atoms. The average Bonchev–Trinajstić information content (AvgIpc) is 2.90. The molecule has 0 radical (unpaired) electrons. The van der Waals surface area contributed by atoms with Gasteiger partial charge in [0.1, 0.15) is 5.82 Å². The van der Waals surface area contributed by atoms with Crippen LogP contribution in [0.15, 0.2) is 27.7 Å². The van der Waals surface area contributed by atoms with Crippen molar-refractivity contribution in [3.8, 4) is 0 Å². The molecule has 1 aliphatic heterocycles. The van der Waals surface area contributed by atoms with Crippen LogP contribution >= 0.6 is 39.9 Å². The molecule has 1 aromatic rings. The molecule has 5 nitrogen and oxygen atoms in total. The van der Waals surface area contributed by atoms with Crippen LogP contribution in [0.25, 0.3) is 0 Å². The Hall–Kier alpha value is -0.420. The predicted molar refractivity (Wildman–Crippen MR) is 119 cm³/mol. The zero-order valence-corrected chi connectivity index (χ0v) is 19.5. The minimum absolute atomic E-state index is 0.